The van der Waals surface area contributed by atoms with Crippen molar-refractivity contribution in [3.63, 3.8) is 0 Å². The molecule has 0 spiro atoms. The first kappa shape index (κ1) is 12.9. The van der Waals surface area contributed by atoms with Gasteiger partial charge in [-0.1, -0.05) is 0 Å². The van der Waals surface area contributed by atoms with Crippen molar-refractivity contribution in [2.75, 3.05) is 27.3 Å². The van der Waals surface area contributed by atoms with E-state index in [2.05, 4.69) is 32.7 Å². The van der Waals surface area contributed by atoms with Crippen LogP contribution in [0.1, 0.15) is 33.6 Å². The van der Waals surface area contributed by atoms with Gasteiger partial charge in [-0.3, -0.25) is 0 Å². The van der Waals surface area contributed by atoms with Crippen molar-refractivity contribution in [3.8, 4) is 0 Å². The molecule has 3 nitrogen and oxygen atoms in total. The molecule has 0 radical (unpaired) electrons. The predicted octanol–water partition coefficient (Wildman–Crippen LogP) is 1.91. The van der Waals surface area contributed by atoms with Crippen LogP contribution in [0, 0.1) is 0 Å². The van der Waals surface area contributed by atoms with Crippen LogP contribution in [0.3, 0.4) is 0 Å². The summed E-state index contributed by atoms with van der Waals surface area (Å²) in [5, 5.41) is 0. The highest BCUT2D eigenvalue weighted by molar-refractivity contribution is 4.85. The van der Waals surface area contributed by atoms with Gasteiger partial charge in [0.25, 0.3) is 0 Å². The van der Waals surface area contributed by atoms with Gasteiger partial charge in [-0.15, -0.1) is 0 Å². The van der Waals surface area contributed by atoms with Crippen LogP contribution in [0.4, 0.5) is 0 Å². The molecule has 2 atom stereocenters. The molecule has 15 heavy (non-hydrogen) atoms. The molecule has 1 heterocycles. The van der Waals surface area contributed by atoms with Gasteiger partial charge in [0.2, 0.25) is 0 Å². The summed E-state index contributed by atoms with van der Waals surface area (Å²) >= 11 is 0. The van der Waals surface area contributed by atoms with Crippen LogP contribution in [0.5, 0.6) is 0 Å². The van der Waals surface area contributed by atoms with Crippen molar-refractivity contribution in [3.05, 3.63) is 0 Å². The van der Waals surface area contributed by atoms with Gasteiger partial charge in [-0.25, -0.2) is 0 Å². The molecule has 1 fully saturated rings. The number of hydrogen-bond acceptors (Lipinski definition) is 3. The number of likely N-dealkylation sites (tertiary alicyclic amines) is 1. The first-order chi connectivity index (χ1) is 6.94. The minimum atomic E-state index is -0.0906. The van der Waals surface area contributed by atoms with Gasteiger partial charge < -0.3 is 14.4 Å². The van der Waals surface area contributed by atoms with Crippen LogP contribution in [-0.4, -0.2) is 50.0 Å². The van der Waals surface area contributed by atoms with E-state index in [1.165, 1.54) is 19.4 Å². The van der Waals surface area contributed by atoms with E-state index in [9.17, 15) is 0 Å². The second-order valence-corrected chi connectivity index (χ2v) is 5.41. The molecule has 1 aliphatic heterocycles. The molecule has 0 unspecified atom stereocenters. The lowest BCUT2D eigenvalue weighted by atomic mass is 10.1. The molecule has 0 N–H and O–H groups in total. The number of likely N-dealkylation sites (N-methyl/N-ethyl adjacent to an activating group) is 1. The highest BCUT2D eigenvalue weighted by Crippen LogP contribution is 2.23. The van der Waals surface area contributed by atoms with Gasteiger partial charge in [-0.05, 0) is 47.2 Å². The van der Waals surface area contributed by atoms with Crippen molar-refractivity contribution in [2.24, 2.45) is 0 Å². The Morgan fingerprint density at radius 3 is 2.47 bits per heavy atom. The second-order valence-electron chi connectivity index (χ2n) is 5.41. The maximum absolute atomic E-state index is 6.07. The molecule has 1 rings (SSSR count). The summed E-state index contributed by atoms with van der Waals surface area (Å²) in [5.41, 5.74) is -0.0906. The number of nitrogens with zero attached hydrogens (tertiary/aromatic N) is 1. The SMILES string of the molecule is COC[C@@H](OC(C)(C)C)[C@@H]1CCCN1C. The molecule has 1 saturated heterocycles. The Kier molecular flexibility index (Phi) is 4.56. The summed E-state index contributed by atoms with van der Waals surface area (Å²) in [4.78, 5) is 2.38. The standard InChI is InChI=1S/C12H25NO2/c1-12(2,3)15-11(9-14-5)10-7-6-8-13(10)4/h10-11H,6-9H2,1-5H3/t10-,11+/m0/s1. The van der Waals surface area contributed by atoms with Crippen LogP contribution >= 0.6 is 0 Å². The fourth-order valence-corrected chi connectivity index (χ4v) is 2.25. The van der Waals surface area contributed by atoms with Gasteiger partial charge in [-0.2, -0.15) is 0 Å². The average molecular weight is 215 g/mol. The normalized spacial score (nSPS) is 25.8. The monoisotopic (exact) mass is 215 g/mol. The summed E-state index contributed by atoms with van der Waals surface area (Å²) in [6.07, 6.45) is 2.69. The molecule has 1 aliphatic rings. The smallest absolute Gasteiger partial charge is 0.0969 e. The lowest BCUT2D eigenvalue weighted by Crippen LogP contribution is -2.44. The van der Waals surface area contributed by atoms with E-state index in [0.29, 0.717) is 12.6 Å². The average Bonchev–Trinajstić information content (AvgIpc) is 2.48. The third-order valence-corrected chi connectivity index (χ3v) is 2.84. The minimum Gasteiger partial charge on any atom is -0.382 e. The fourth-order valence-electron chi connectivity index (χ4n) is 2.25. The van der Waals surface area contributed by atoms with Gasteiger partial charge in [0, 0.05) is 13.2 Å². The number of ether oxygens (including phenoxy) is 2. The van der Waals surface area contributed by atoms with E-state index < -0.39 is 0 Å². The number of hydrogen-bond donors (Lipinski definition) is 0. The highest BCUT2D eigenvalue weighted by atomic mass is 16.5. The largest absolute Gasteiger partial charge is 0.382 e. The number of methoxy groups -OCH3 is 1. The summed E-state index contributed by atoms with van der Waals surface area (Å²) < 4.78 is 11.3. The predicted molar refractivity (Wildman–Crippen MR) is 62.2 cm³/mol. The molecule has 0 bridgehead atoms. The highest BCUT2D eigenvalue weighted by Gasteiger charge is 2.32. The van der Waals surface area contributed by atoms with Crippen molar-refractivity contribution in [2.45, 2.75) is 51.4 Å². The van der Waals surface area contributed by atoms with Crippen LogP contribution in [0.25, 0.3) is 0 Å². The molecular formula is C12H25NO2. The molecule has 0 aromatic rings. The molecular weight excluding hydrogens is 190 g/mol. The van der Waals surface area contributed by atoms with Gasteiger partial charge in [0.15, 0.2) is 0 Å². The van der Waals surface area contributed by atoms with E-state index in [4.69, 9.17) is 9.47 Å². The Hall–Kier alpha value is -0.120. The van der Waals surface area contributed by atoms with Crippen molar-refractivity contribution < 1.29 is 9.47 Å². The van der Waals surface area contributed by atoms with Crippen LogP contribution in [0.15, 0.2) is 0 Å². The zero-order valence-electron chi connectivity index (χ0n) is 10.7. The third kappa shape index (κ3) is 4.09. The van der Waals surface area contributed by atoms with E-state index in [0.717, 1.165) is 0 Å². The lowest BCUT2D eigenvalue weighted by Gasteiger charge is -2.34. The second kappa shape index (κ2) is 5.28. The molecule has 0 amide bonds. The Morgan fingerprint density at radius 2 is 2.07 bits per heavy atom. The van der Waals surface area contributed by atoms with Gasteiger partial charge in [0.1, 0.15) is 0 Å². The Labute approximate surface area is 93.7 Å². The van der Waals surface area contributed by atoms with Gasteiger partial charge in [0.05, 0.1) is 18.3 Å². The van der Waals surface area contributed by atoms with Crippen molar-refractivity contribution in [1.29, 1.82) is 0 Å². The first-order valence-corrected chi connectivity index (χ1v) is 5.81. The van der Waals surface area contributed by atoms with E-state index in [1.807, 2.05) is 0 Å². The molecule has 0 saturated carbocycles. The van der Waals surface area contributed by atoms with E-state index in [-0.39, 0.29) is 11.7 Å². The first-order valence-electron chi connectivity index (χ1n) is 5.81. The topological polar surface area (TPSA) is 21.7 Å². The van der Waals surface area contributed by atoms with E-state index in [1.54, 1.807) is 7.11 Å². The van der Waals surface area contributed by atoms with Crippen LogP contribution in [0.2, 0.25) is 0 Å². The fraction of sp³-hybridized carbons (Fsp3) is 1.00. The van der Waals surface area contributed by atoms with Gasteiger partial charge >= 0.3 is 0 Å². The Bertz CT molecular complexity index is 189. The Morgan fingerprint density at radius 1 is 1.40 bits per heavy atom. The summed E-state index contributed by atoms with van der Waals surface area (Å²) in [6, 6.07) is 0.518. The maximum atomic E-state index is 6.07. The zero-order chi connectivity index (χ0) is 11.5. The zero-order valence-corrected chi connectivity index (χ0v) is 10.7. The third-order valence-electron chi connectivity index (χ3n) is 2.84. The maximum Gasteiger partial charge on any atom is 0.0969 e. The summed E-state index contributed by atoms with van der Waals surface area (Å²) in [6.45, 7) is 8.17. The summed E-state index contributed by atoms with van der Waals surface area (Å²) in [7, 11) is 3.92. The summed E-state index contributed by atoms with van der Waals surface area (Å²) in [5.74, 6) is 0. The molecule has 90 valence electrons. The van der Waals surface area contributed by atoms with Crippen LogP contribution < -0.4 is 0 Å². The number of rotatable bonds is 4. The van der Waals surface area contributed by atoms with Crippen molar-refractivity contribution >= 4 is 0 Å². The lowest BCUT2D eigenvalue weighted by molar-refractivity contribution is -0.111. The molecule has 0 aliphatic carbocycles. The minimum absolute atomic E-state index is 0.0906. The molecule has 0 aromatic heterocycles. The quantitative estimate of drug-likeness (QED) is 0.715. The molecule has 0 aromatic carbocycles. The molecule has 3 heteroatoms. The van der Waals surface area contributed by atoms with E-state index >= 15 is 0 Å². The van der Waals surface area contributed by atoms with Crippen molar-refractivity contribution in [1.82, 2.24) is 4.90 Å². The van der Waals surface area contributed by atoms with Crippen LogP contribution in [-0.2, 0) is 9.47 Å². The Balaban J connectivity index is 2.56.